The summed E-state index contributed by atoms with van der Waals surface area (Å²) in [5, 5.41) is 5.02. The summed E-state index contributed by atoms with van der Waals surface area (Å²) < 4.78 is 11.8. The predicted molar refractivity (Wildman–Crippen MR) is 217 cm³/mol. The Labute approximate surface area is 303 Å². The van der Waals surface area contributed by atoms with E-state index in [-0.39, 0.29) is 10.8 Å². The Hall–Kier alpha value is -5.33. The third kappa shape index (κ3) is 5.23. The van der Waals surface area contributed by atoms with Gasteiger partial charge in [0.2, 0.25) is 0 Å². The van der Waals surface area contributed by atoms with Gasteiger partial charge >= 0.3 is 0 Å². The van der Waals surface area contributed by atoms with Crippen molar-refractivity contribution in [1.82, 2.24) is 9.55 Å². The van der Waals surface area contributed by atoms with E-state index < -0.39 is 0 Å². The lowest BCUT2D eigenvalue weighted by molar-refractivity contribution is 0.479. The molecule has 0 amide bonds. The van der Waals surface area contributed by atoms with Gasteiger partial charge in [0.05, 0.1) is 33.8 Å². The number of benzene rings is 5. The Balaban J connectivity index is 1.15. The highest BCUT2D eigenvalue weighted by Crippen LogP contribution is 2.50. The number of fused-ring (bicyclic) bond motifs is 8. The van der Waals surface area contributed by atoms with Gasteiger partial charge in [-0.15, -0.1) is 11.3 Å². The molecule has 4 heterocycles. The molecule has 0 bridgehead atoms. The normalized spacial score (nSPS) is 13.6. The van der Waals surface area contributed by atoms with Crippen LogP contribution in [0.2, 0.25) is 0 Å². The molecular weight excluding hydrogens is 645 g/mol. The Morgan fingerprint density at radius 3 is 2.18 bits per heavy atom. The largest absolute Gasteiger partial charge is 0.457 e. The maximum atomic E-state index is 6.84. The van der Waals surface area contributed by atoms with E-state index in [1.54, 1.807) is 0 Å². The van der Waals surface area contributed by atoms with Crippen LogP contribution in [0.3, 0.4) is 0 Å². The molecule has 0 saturated heterocycles. The number of aromatic nitrogens is 2. The molecule has 6 heteroatoms. The summed E-state index contributed by atoms with van der Waals surface area (Å²) in [6, 6.07) is 39.4. The summed E-state index contributed by atoms with van der Waals surface area (Å²) in [4.78, 5) is 9.68. The van der Waals surface area contributed by atoms with Crippen molar-refractivity contribution < 1.29 is 4.74 Å². The van der Waals surface area contributed by atoms with Gasteiger partial charge in [0.15, 0.2) is 0 Å². The Morgan fingerprint density at radius 2 is 1.37 bits per heavy atom. The van der Waals surface area contributed by atoms with Gasteiger partial charge in [-0.05, 0) is 76.6 Å². The summed E-state index contributed by atoms with van der Waals surface area (Å²) in [5.74, 6) is 2.53. The fraction of sp³-hybridized carbons (Fsp3) is 0.222. The number of ether oxygens (including phenoxy) is 1. The van der Waals surface area contributed by atoms with E-state index in [9.17, 15) is 0 Å². The van der Waals surface area contributed by atoms with E-state index in [0.29, 0.717) is 0 Å². The number of hydrogen-bond acceptors (Lipinski definition) is 5. The van der Waals surface area contributed by atoms with Crippen LogP contribution in [0.5, 0.6) is 11.5 Å². The smallest absolute Gasteiger partial charge is 0.137 e. The van der Waals surface area contributed by atoms with E-state index in [1.807, 2.05) is 17.5 Å². The van der Waals surface area contributed by atoms with Crippen LogP contribution in [0, 0.1) is 0 Å². The molecule has 254 valence electrons. The van der Waals surface area contributed by atoms with Crippen molar-refractivity contribution in [1.29, 1.82) is 0 Å². The van der Waals surface area contributed by atoms with Crippen molar-refractivity contribution in [3.05, 3.63) is 127 Å². The molecule has 1 aliphatic rings. The van der Waals surface area contributed by atoms with E-state index in [2.05, 4.69) is 172 Å². The minimum absolute atomic E-state index is 0.00897. The summed E-state index contributed by atoms with van der Waals surface area (Å²) in [7, 11) is 2.20. The minimum Gasteiger partial charge on any atom is -0.457 e. The van der Waals surface area contributed by atoms with Gasteiger partial charge in [-0.1, -0.05) is 84.0 Å². The van der Waals surface area contributed by atoms with Crippen molar-refractivity contribution >= 4 is 70.4 Å². The van der Waals surface area contributed by atoms with Gasteiger partial charge in [0.25, 0.3) is 0 Å². The highest BCUT2D eigenvalue weighted by Gasteiger charge is 2.29. The van der Waals surface area contributed by atoms with Crippen LogP contribution in [-0.2, 0) is 10.8 Å². The predicted octanol–water partition coefficient (Wildman–Crippen LogP) is 12.5. The van der Waals surface area contributed by atoms with Crippen molar-refractivity contribution in [2.75, 3.05) is 23.5 Å². The molecule has 0 radical (unpaired) electrons. The monoisotopic (exact) mass is 686 g/mol. The average Bonchev–Trinajstić information content (AvgIpc) is 3.76. The quantitative estimate of drug-likeness (QED) is 0.185. The van der Waals surface area contributed by atoms with Crippen molar-refractivity contribution in [2.24, 2.45) is 0 Å². The third-order valence-corrected chi connectivity index (χ3v) is 11.5. The first-order valence-corrected chi connectivity index (χ1v) is 18.5. The fourth-order valence-electron chi connectivity index (χ4n) is 7.57. The van der Waals surface area contributed by atoms with Crippen molar-refractivity contribution in [3.63, 3.8) is 0 Å². The molecule has 5 aromatic carbocycles. The highest BCUT2D eigenvalue weighted by molar-refractivity contribution is 7.26. The number of rotatable bonds is 4. The lowest BCUT2D eigenvalue weighted by Gasteiger charge is -2.25. The van der Waals surface area contributed by atoms with Crippen LogP contribution in [0.1, 0.15) is 52.7 Å². The lowest BCUT2D eigenvalue weighted by atomic mass is 9.86. The molecule has 0 aliphatic carbocycles. The van der Waals surface area contributed by atoms with Crippen LogP contribution in [0.15, 0.2) is 115 Å². The lowest BCUT2D eigenvalue weighted by Crippen LogP contribution is -2.24. The standard InChI is InChI=1S/C45H42N4OS/c1-44(2,3)28-20-21-46-41(24-28)49-37-14-10-8-12-33(37)34-17-16-31(26-39(34)49)50-32-23-29(45(4,5)6)22-30(25-32)48-27-47(7)42-38(48)19-18-36-35-13-9-11-15-40(35)51-43(36)42/h8-26H,27H2,1-7H3. The third-order valence-electron chi connectivity index (χ3n) is 10.3. The second kappa shape index (κ2) is 11.3. The first-order chi connectivity index (χ1) is 24.4. The molecule has 5 nitrogen and oxygen atoms in total. The zero-order chi connectivity index (χ0) is 35.2. The molecule has 0 fully saturated rings. The molecule has 51 heavy (non-hydrogen) atoms. The molecule has 0 atom stereocenters. The second-order valence-electron chi connectivity index (χ2n) is 15.9. The maximum Gasteiger partial charge on any atom is 0.137 e. The Bertz CT molecular complexity index is 2650. The van der Waals surface area contributed by atoms with Gasteiger partial charge in [-0.25, -0.2) is 4.98 Å². The molecule has 9 rings (SSSR count). The molecule has 3 aromatic heterocycles. The van der Waals surface area contributed by atoms with Crippen LogP contribution in [-0.4, -0.2) is 23.3 Å². The summed E-state index contributed by atoms with van der Waals surface area (Å²) in [6.07, 6.45) is 1.93. The molecule has 8 aromatic rings. The highest BCUT2D eigenvalue weighted by atomic mass is 32.1. The van der Waals surface area contributed by atoms with E-state index >= 15 is 0 Å². The van der Waals surface area contributed by atoms with Gasteiger partial charge < -0.3 is 14.5 Å². The molecule has 0 unspecified atom stereocenters. The Kier molecular flexibility index (Phi) is 7.04. The van der Waals surface area contributed by atoms with Gasteiger partial charge in [0.1, 0.15) is 17.3 Å². The van der Waals surface area contributed by atoms with Crippen LogP contribution in [0.25, 0.3) is 47.8 Å². The summed E-state index contributed by atoms with van der Waals surface area (Å²) in [5.41, 5.74) is 8.26. The zero-order valence-electron chi connectivity index (χ0n) is 30.3. The van der Waals surface area contributed by atoms with Gasteiger partial charge in [-0.3, -0.25) is 4.57 Å². The van der Waals surface area contributed by atoms with Gasteiger partial charge in [-0.2, -0.15) is 0 Å². The van der Waals surface area contributed by atoms with Crippen molar-refractivity contribution in [2.45, 2.75) is 52.4 Å². The first-order valence-electron chi connectivity index (χ1n) is 17.7. The van der Waals surface area contributed by atoms with Crippen LogP contribution < -0.4 is 14.5 Å². The summed E-state index contributed by atoms with van der Waals surface area (Å²) in [6.45, 7) is 14.3. The van der Waals surface area contributed by atoms with Crippen LogP contribution in [0.4, 0.5) is 17.1 Å². The summed E-state index contributed by atoms with van der Waals surface area (Å²) >= 11 is 1.88. The fourth-order valence-corrected chi connectivity index (χ4v) is 8.87. The number of thiophene rings is 1. The number of anilines is 3. The number of para-hydroxylation sites is 1. The average molecular weight is 687 g/mol. The van der Waals surface area contributed by atoms with E-state index in [1.165, 1.54) is 53.4 Å². The topological polar surface area (TPSA) is 33.5 Å². The number of hydrogen-bond donors (Lipinski definition) is 0. The van der Waals surface area contributed by atoms with E-state index in [0.717, 1.165) is 40.7 Å². The molecule has 0 spiro atoms. The first kappa shape index (κ1) is 31.6. The van der Waals surface area contributed by atoms with E-state index in [4.69, 9.17) is 9.72 Å². The Morgan fingerprint density at radius 1 is 0.647 bits per heavy atom. The number of pyridine rings is 1. The zero-order valence-corrected chi connectivity index (χ0v) is 31.1. The number of nitrogens with zero attached hydrogens (tertiary/aromatic N) is 4. The molecule has 0 N–H and O–H groups in total. The maximum absolute atomic E-state index is 6.84. The molecule has 0 saturated carbocycles. The van der Waals surface area contributed by atoms with Crippen molar-refractivity contribution in [3.8, 4) is 17.3 Å². The second-order valence-corrected chi connectivity index (χ2v) is 17.0. The molecular formula is C45H42N4OS. The van der Waals surface area contributed by atoms with Gasteiger partial charge in [0, 0.05) is 57.3 Å². The minimum atomic E-state index is -0.0713. The SMILES string of the molecule is CN1CN(c2cc(Oc3ccc4c5ccccc5n(-c5cc(C(C)(C)C)ccn5)c4c3)cc(C(C)(C)C)c2)c2ccc3c(sc4ccccc43)c21. The van der Waals surface area contributed by atoms with Crippen LogP contribution >= 0.6 is 11.3 Å². The molecule has 1 aliphatic heterocycles.